The highest BCUT2D eigenvalue weighted by atomic mass is 32.2. The van der Waals surface area contributed by atoms with Gasteiger partial charge < -0.3 is 4.42 Å². The summed E-state index contributed by atoms with van der Waals surface area (Å²) in [4.78, 5) is 2.32. The van der Waals surface area contributed by atoms with Crippen LogP contribution in [0.2, 0.25) is 0 Å². The Labute approximate surface area is 127 Å². The Hall–Kier alpha value is -1.11. The van der Waals surface area contributed by atoms with Gasteiger partial charge in [-0.15, -0.1) is 6.58 Å². The molecule has 2 heterocycles. The van der Waals surface area contributed by atoms with E-state index in [0.29, 0.717) is 6.54 Å². The predicted octanol–water partition coefficient (Wildman–Crippen LogP) is 2.30. The van der Waals surface area contributed by atoms with Crippen molar-refractivity contribution in [2.75, 3.05) is 25.4 Å². The van der Waals surface area contributed by atoms with E-state index in [1.165, 1.54) is 18.9 Å². The first-order valence-electron chi connectivity index (χ1n) is 7.48. The Balaban J connectivity index is 2.07. The van der Waals surface area contributed by atoms with Crippen molar-refractivity contribution < 1.29 is 12.8 Å². The number of likely N-dealkylation sites (tertiary alicyclic amines) is 1. The van der Waals surface area contributed by atoms with Crippen molar-refractivity contribution in [3.05, 3.63) is 36.8 Å². The second-order valence-corrected chi connectivity index (χ2v) is 7.25. The molecule has 0 saturated carbocycles. The number of hydrogen-bond donors (Lipinski definition) is 1. The zero-order valence-corrected chi connectivity index (χ0v) is 13.1. The molecule has 6 heteroatoms. The van der Waals surface area contributed by atoms with Crippen LogP contribution in [-0.2, 0) is 10.0 Å². The van der Waals surface area contributed by atoms with Gasteiger partial charge in [0.25, 0.3) is 0 Å². The van der Waals surface area contributed by atoms with E-state index < -0.39 is 10.0 Å². The van der Waals surface area contributed by atoms with Crippen LogP contribution in [0, 0.1) is 0 Å². The smallest absolute Gasteiger partial charge is 0.215 e. The average molecular weight is 312 g/mol. The van der Waals surface area contributed by atoms with Gasteiger partial charge in [-0.25, -0.2) is 13.1 Å². The van der Waals surface area contributed by atoms with Gasteiger partial charge >= 0.3 is 0 Å². The fraction of sp³-hybridized carbons (Fsp3) is 0.600. The van der Waals surface area contributed by atoms with Gasteiger partial charge in [0.2, 0.25) is 10.0 Å². The van der Waals surface area contributed by atoms with E-state index in [0.717, 1.165) is 31.7 Å². The molecule has 2 rings (SSSR count). The zero-order chi connectivity index (χ0) is 15.1. The molecule has 118 valence electrons. The number of furan rings is 1. The van der Waals surface area contributed by atoms with Gasteiger partial charge in [-0.2, -0.15) is 0 Å². The lowest BCUT2D eigenvalue weighted by atomic mass is 10.2. The largest absolute Gasteiger partial charge is 0.468 e. The SMILES string of the molecule is C=CCS(=O)(=O)NCC(c1ccco1)N1CCCCCC1. The van der Waals surface area contributed by atoms with Gasteiger partial charge in [0.15, 0.2) is 0 Å². The second-order valence-electron chi connectivity index (χ2n) is 5.40. The van der Waals surface area contributed by atoms with Crippen LogP contribution in [0.3, 0.4) is 0 Å². The molecule has 0 radical (unpaired) electrons. The first-order chi connectivity index (χ1) is 10.1. The monoisotopic (exact) mass is 312 g/mol. The zero-order valence-electron chi connectivity index (χ0n) is 12.3. The van der Waals surface area contributed by atoms with E-state index in [-0.39, 0.29) is 11.8 Å². The maximum absolute atomic E-state index is 11.8. The van der Waals surface area contributed by atoms with Crippen molar-refractivity contribution in [2.24, 2.45) is 0 Å². The highest BCUT2D eigenvalue weighted by Crippen LogP contribution is 2.24. The molecule has 0 amide bonds. The van der Waals surface area contributed by atoms with E-state index in [1.54, 1.807) is 6.26 Å². The van der Waals surface area contributed by atoms with Crippen LogP contribution < -0.4 is 4.72 Å². The third-order valence-corrected chi connectivity index (χ3v) is 5.07. The van der Waals surface area contributed by atoms with Crippen LogP contribution in [0.15, 0.2) is 35.5 Å². The molecule has 1 atom stereocenters. The van der Waals surface area contributed by atoms with Gasteiger partial charge in [0.1, 0.15) is 5.76 Å². The van der Waals surface area contributed by atoms with Crippen molar-refractivity contribution in [3.63, 3.8) is 0 Å². The quantitative estimate of drug-likeness (QED) is 0.785. The average Bonchev–Trinajstić information content (AvgIpc) is 2.82. The summed E-state index contributed by atoms with van der Waals surface area (Å²) in [6.07, 6.45) is 7.81. The van der Waals surface area contributed by atoms with Gasteiger partial charge in [0.05, 0.1) is 18.1 Å². The minimum absolute atomic E-state index is 0.0438. The molecule has 1 aromatic heterocycles. The molecule has 1 unspecified atom stereocenters. The molecular weight excluding hydrogens is 288 g/mol. The second kappa shape index (κ2) is 7.77. The summed E-state index contributed by atoms with van der Waals surface area (Å²) < 4.78 is 31.8. The number of nitrogens with one attached hydrogen (secondary N) is 1. The number of rotatable bonds is 7. The maximum Gasteiger partial charge on any atom is 0.215 e. The van der Waals surface area contributed by atoms with Crippen LogP contribution >= 0.6 is 0 Å². The van der Waals surface area contributed by atoms with Crippen LogP contribution in [0.25, 0.3) is 0 Å². The Morgan fingerprint density at radius 2 is 2.05 bits per heavy atom. The highest BCUT2D eigenvalue weighted by molar-refractivity contribution is 7.89. The van der Waals surface area contributed by atoms with Crippen LogP contribution in [0.5, 0.6) is 0 Å². The Morgan fingerprint density at radius 3 is 2.62 bits per heavy atom. The Bertz CT molecular complexity index is 517. The number of hydrogen-bond acceptors (Lipinski definition) is 4. The van der Waals surface area contributed by atoms with Crippen LogP contribution in [0.1, 0.15) is 37.5 Å². The van der Waals surface area contributed by atoms with Crippen molar-refractivity contribution in [3.8, 4) is 0 Å². The lowest BCUT2D eigenvalue weighted by Crippen LogP contribution is -2.39. The van der Waals surface area contributed by atoms with Crippen molar-refractivity contribution in [2.45, 2.75) is 31.7 Å². The lowest BCUT2D eigenvalue weighted by molar-refractivity contribution is 0.182. The molecule has 0 aliphatic carbocycles. The van der Waals surface area contributed by atoms with E-state index in [1.807, 2.05) is 12.1 Å². The highest BCUT2D eigenvalue weighted by Gasteiger charge is 2.25. The van der Waals surface area contributed by atoms with E-state index in [2.05, 4.69) is 16.2 Å². The van der Waals surface area contributed by atoms with Crippen LogP contribution in [-0.4, -0.2) is 38.7 Å². The topological polar surface area (TPSA) is 62.6 Å². The molecule has 0 bridgehead atoms. The van der Waals surface area contributed by atoms with Crippen molar-refractivity contribution in [1.29, 1.82) is 0 Å². The molecule has 0 aromatic carbocycles. The third kappa shape index (κ3) is 4.98. The van der Waals surface area contributed by atoms with Gasteiger partial charge in [-0.3, -0.25) is 4.90 Å². The van der Waals surface area contributed by atoms with Gasteiger partial charge in [-0.05, 0) is 38.1 Å². The van der Waals surface area contributed by atoms with Gasteiger partial charge in [0, 0.05) is 6.54 Å². The minimum atomic E-state index is -3.30. The van der Waals surface area contributed by atoms with Crippen molar-refractivity contribution >= 4 is 10.0 Å². The van der Waals surface area contributed by atoms with E-state index >= 15 is 0 Å². The molecule has 1 fully saturated rings. The Morgan fingerprint density at radius 1 is 1.33 bits per heavy atom. The van der Waals surface area contributed by atoms with E-state index in [9.17, 15) is 8.42 Å². The molecule has 1 aliphatic heterocycles. The minimum Gasteiger partial charge on any atom is -0.468 e. The summed E-state index contributed by atoms with van der Waals surface area (Å²) in [5, 5.41) is 0. The summed E-state index contributed by atoms with van der Waals surface area (Å²) in [7, 11) is -3.30. The summed E-state index contributed by atoms with van der Waals surface area (Å²) in [5.41, 5.74) is 0. The normalized spacial score (nSPS) is 19.0. The van der Waals surface area contributed by atoms with E-state index in [4.69, 9.17) is 4.42 Å². The third-order valence-electron chi connectivity index (χ3n) is 3.79. The number of nitrogens with zero attached hydrogens (tertiary/aromatic N) is 1. The standard InChI is InChI=1S/C15H24N2O3S/c1-2-12-21(18,19)16-13-14(15-8-7-11-20-15)17-9-5-3-4-6-10-17/h2,7-8,11,14,16H,1,3-6,9-10,12-13H2. The summed E-state index contributed by atoms with van der Waals surface area (Å²) >= 11 is 0. The first kappa shape index (κ1) is 16.3. The summed E-state index contributed by atoms with van der Waals surface area (Å²) in [5.74, 6) is 0.760. The molecule has 1 N–H and O–H groups in total. The maximum atomic E-state index is 11.8. The van der Waals surface area contributed by atoms with Crippen molar-refractivity contribution in [1.82, 2.24) is 9.62 Å². The summed E-state index contributed by atoms with van der Waals surface area (Å²) in [6.45, 7) is 5.78. The molecule has 21 heavy (non-hydrogen) atoms. The Kier molecular flexibility index (Phi) is 6.02. The fourth-order valence-corrected chi connectivity index (χ4v) is 3.56. The molecule has 1 saturated heterocycles. The first-order valence-corrected chi connectivity index (χ1v) is 9.13. The molecule has 5 nitrogen and oxygen atoms in total. The molecule has 0 spiro atoms. The fourth-order valence-electron chi connectivity index (χ4n) is 2.72. The lowest BCUT2D eigenvalue weighted by Gasteiger charge is -2.29. The van der Waals surface area contributed by atoms with Gasteiger partial charge in [-0.1, -0.05) is 18.9 Å². The molecular formula is C15H24N2O3S. The predicted molar refractivity (Wildman–Crippen MR) is 83.5 cm³/mol. The molecule has 1 aliphatic rings. The summed E-state index contributed by atoms with van der Waals surface area (Å²) in [6, 6.07) is 3.72. The van der Waals surface area contributed by atoms with Crippen LogP contribution in [0.4, 0.5) is 0 Å². The molecule has 1 aromatic rings. The number of sulfonamides is 1.